The van der Waals surface area contributed by atoms with Crippen molar-refractivity contribution in [3.8, 4) is 0 Å². The first-order chi connectivity index (χ1) is 15.8. The van der Waals surface area contributed by atoms with Gasteiger partial charge in [-0.05, 0) is 38.5 Å². The molecule has 2 aromatic carbocycles. The van der Waals surface area contributed by atoms with Crippen LogP contribution in [-0.4, -0.2) is 35.7 Å². The summed E-state index contributed by atoms with van der Waals surface area (Å²) in [5, 5.41) is 3.12. The van der Waals surface area contributed by atoms with Crippen LogP contribution in [0.25, 0.3) is 0 Å². The second-order valence-electron chi connectivity index (χ2n) is 8.31. The molecule has 0 bridgehead atoms. The van der Waals surface area contributed by atoms with E-state index < -0.39 is 47.0 Å². The van der Waals surface area contributed by atoms with E-state index in [0.29, 0.717) is 5.56 Å². The van der Waals surface area contributed by atoms with Gasteiger partial charge in [0, 0.05) is 17.2 Å². The zero-order chi connectivity index (χ0) is 23.9. The number of hydrogen-bond donors (Lipinski definition) is 1. The number of imide groups is 1. The number of halogens is 1. The SMILES string of the molecule is CCOC(=O)[C@]1(CC)N[C@@H](c2ccccc2F)[C@H]2C(=O)N(c3cccc(C(C)=O)c3)C(=O)[C@H]21. The van der Waals surface area contributed by atoms with Crippen molar-refractivity contribution in [2.24, 2.45) is 11.8 Å². The molecule has 0 aromatic heterocycles. The van der Waals surface area contributed by atoms with Crippen LogP contribution in [0.3, 0.4) is 0 Å². The van der Waals surface area contributed by atoms with E-state index in [1.54, 1.807) is 38.1 Å². The molecule has 0 saturated carbocycles. The number of esters is 1. The van der Waals surface area contributed by atoms with E-state index in [9.17, 15) is 23.6 Å². The fraction of sp³-hybridized carbons (Fsp3) is 0.360. The summed E-state index contributed by atoms with van der Waals surface area (Å²) in [5.74, 6) is -4.63. The number of carbonyl (C=O) groups is 4. The van der Waals surface area contributed by atoms with E-state index in [0.717, 1.165) is 4.90 Å². The lowest BCUT2D eigenvalue weighted by Crippen LogP contribution is -2.56. The maximum Gasteiger partial charge on any atom is 0.327 e. The highest BCUT2D eigenvalue weighted by Crippen LogP contribution is 2.51. The normalized spacial score (nSPS) is 26.4. The Morgan fingerprint density at radius 2 is 1.82 bits per heavy atom. The third-order valence-corrected chi connectivity index (χ3v) is 6.60. The van der Waals surface area contributed by atoms with Crippen molar-refractivity contribution in [1.29, 1.82) is 0 Å². The molecule has 2 heterocycles. The monoisotopic (exact) mass is 452 g/mol. The lowest BCUT2D eigenvalue weighted by atomic mass is 9.78. The molecule has 2 aliphatic rings. The quantitative estimate of drug-likeness (QED) is 0.411. The lowest BCUT2D eigenvalue weighted by molar-refractivity contribution is -0.154. The molecule has 2 fully saturated rings. The van der Waals surface area contributed by atoms with Crippen LogP contribution in [0.15, 0.2) is 48.5 Å². The number of rotatable bonds is 6. The molecule has 1 N–H and O–H groups in total. The average Bonchev–Trinajstić information content (AvgIpc) is 3.28. The Kier molecular flexibility index (Phi) is 5.88. The zero-order valence-corrected chi connectivity index (χ0v) is 18.6. The van der Waals surface area contributed by atoms with Crippen LogP contribution in [0.5, 0.6) is 0 Å². The molecule has 8 heteroatoms. The van der Waals surface area contributed by atoms with Gasteiger partial charge in [0.1, 0.15) is 11.4 Å². The molecule has 0 radical (unpaired) electrons. The summed E-state index contributed by atoms with van der Waals surface area (Å²) in [6.45, 7) is 4.86. The third-order valence-electron chi connectivity index (χ3n) is 6.60. The van der Waals surface area contributed by atoms with E-state index in [-0.39, 0.29) is 30.1 Å². The summed E-state index contributed by atoms with van der Waals surface area (Å²) in [6.07, 6.45) is 0.165. The molecular weight excluding hydrogens is 427 g/mol. The Hall–Kier alpha value is -3.39. The van der Waals surface area contributed by atoms with E-state index in [1.165, 1.54) is 31.2 Å². The summed E-state index contributed by atoms with van der Waals surface area (Å²) >= 11 is 0. The molecule has 2 saturated heterocycles. The number of Topliss-reactive ketones (excluding diaryl/α,β-unsaturated/α-hetero) is 1. The van der Waals surface area contributed by atoms with Gasteiger partial charge in [-0.3, -0.25) is 24.5 Å². The molecule has 0 unspecified atom stereocenters. The van der Waals surface area contributed by atoms with Crippen molar-refractivity contribution in [3.05, 3.63) is 65.5 Å². The van der Waals surface area contributed by atoms with E-state index in [4.69, 9.17) is 4.74 Å². The van der Waals surface area contributed by atoms with Crippen molar-refractivity contribution >= 4 is 29.3 Å². The number of nitrogens with one attached hydrogen (secondary N) is 1. The first-order valence-corrected chi connectivity index (χ1v) is 10.9. The average molecular weight is 452 g/mol. The van der Waals surface area contributed by atoms with Gasteiger partial charge in [-0.15, -0.1) is 0 Å². The topological polar surface area (TPSA) is 92.8 Å². The minimum atomic E-state index is -1.49. The van der Waals surface area contributed by atoms with Crippen LogP contribution in [0.2, 0.25) is 0 Å². The molecule has 172 valence electrons. The molecule has 2 amide bonds. The van der Waals surface area contributed by atoms with Crippen LogP contribution < -0.4 is 10.2 Å². The molecule has 0 spiro atoms. The summed E-state index contributed by atoms with van der Waals surface area (Å²) in [7, 11) is 0. The number of anilines is 1. The van der Waals surface area contributed by atoms with Crippen molar-refractivity contribution in [2.45, 2.75) is 38.8 Å². The van der Waals surface area contributed by atoms with E-state index >= 15 is 0 Å². The Labute approximate surface area is 190 Å². The number of ketones is 1. The van der Waals surface area contributed by atoms with Crippen LogP contribution in [0.1, 0.15) is 49.2 Å². The smallest absolute Gasteiger partial charge is 0.327 e. The molecule has 33 heavy (non-hydrogen) atoms. The number of carbonyl (C=O) groups excluding carboxylic acids is 4. The Balaban J connectivity index is 1.87. The highest BCUT2D eigenvalue weighted by molar-refractivity contribution is 6.24. The number of benzene rings is 2. The summed E-state index contributed by atoms with van der Waals surface area (Å²) < 4.78 is 20.1. The predicted molar refractivity (Wildman–Crippen MR) is 118 cm³/mol. The molecule has 2 aliphatic heterocycles. The minimum absolute atomic E-state index is 0.0938. The van der Waals surface area contributed by atoms with Gasteiger partial charge >= 0.3 is 5.97 Å². The van der Waals surface area contributed by atoms with Crippen LogP contribution in [0, 0.1) is 17.7 Å². The maximum atomic E-state index is 14.8. The van der Waals surface area contributed by atoms with Crippen LogP contribution in [0.4, 0.5) is 10.1 Å². The van der Waals surface area contributed by atoms with Gasteiger partial charge < -0.3 is 4.74 Å². The van der Waals surface area contributed by atoms with E-state index in [2.05, 4.69) is 5.32 Å². The van der Waals surface area contributed by atoms with Gasteiger partial charge in [-0.25, -0.2) is 9.29 Å². The van der Waals surface area contributed by atoms with Crippen molar-refractivity contribution in [1.82, 2.24) is 5.32 Å². The highest BCUT2D eigenvalue weighted by Gasteiger charge is 2.68. The van der Waals surface area contributed by atoms with Crippen molar-refractivity contribution < 1.29 is 28.3 Å². The third kappa shape index (κ3) is 3.45. The molecule has 0 aliphatic carbocycles. The summed E-state index contributed by atoms with van der Waals surface area (Å²) in [4.78, 5) is 53.4. The number of fused-ring (bicyclic) bond motifs is 1. The Bertz CT molecular complexity index is 1150. The predicted octanol–water partition coefficient (Wildman–Crippen LogP) is 3.19. The first kappa shape index (κ1) is 22.8. The van der Waals surface area contributed by atoms with Gasteiger partial charge in [0.15, 0.2) is 5.78 Å². The van der Waals surface area contributed by atoms with Gasteiger partial charge in [0.25, 0.3) is 0 Å². The Morgan fingerprint density at radius 1 is 1.09 bits per heavy atom. The van der Waals surface area contributed by atoms with Crippen molar-refractivity contribution in [3.63, 3.8) is 0 Å². The summed E-state index contributed by atoms with van der Waals surface area (Å²) in [6, 6.07) is 11.3. The standard InChI is InChI=1S/C25H25FN2O5/c1-4-25(24(32)33-5-2)20-19(21(27-25)17-11-6-7-12-18(17)26)22(30)28(23(20)31)16-10-8-9-15(13-16)14(3)29/h6-13,19-21,27H,4-5H2,1-3H3/t19-,20-,21-,25+/m0/s1. The van der Waals surface area contributed by atoms with Crippen LogP contribution in [-0.2, 0) is 19.1 Å². The zero-order valence-electron chi connectivity index (χ0n) is 18.6. The number of hydrogen-bond acceptors (Lipinski definition) is 6. The van der Waals surface area contributed by atoms with E-state index in [1.807, 2.05) is 0 Å². The molecule has 2 aromatic rings. The number of nitrogens with zero attached hydrogens (tertiary/aromatic N) is 1. The van der Waals surface area contributed by atoms with Gasteiger partial charge in [-0.2, -0.15) is 0 Å². The van der Waals surface area contributed by atoms with Gasteiger partial charge in [0.05, 0.1) is 24.1 Å². The highest BCUT2D eigenvalue weighted by atomic mass is 19.1. The second-order valence-corrected chi connectivity index (χ2v) is 8.31. The largest absolute Gasteiger partial charge is 0.465 e. The summed E-state index contributed by atoms with van der Waals surface area (Å²) in [5.41, 5.74) is -0.699. The van der Waals surface area contributed by atoms with Gasteiger partial charge in [-0.1, -0.05) is 37.3 Å². The fourth-order valence-corrected chi connectivity index (χ4v) is 5.03. The molecule has 4 rings (SSSR count). The van der Waals surface area contributed by atoms with Crippen molar-refractivity contribution in [2.75, 3.05) is 11.5 Å². The number of amides is 2. The lowest BCUT2D eigenvalue weighted by Gasteiger charge is -2.32. The molecule has 4 atom stereocenters. The fourth-order valence-electron chi connectivity index (χ4n) is 5.03. The second kappa shape index (κ2) is 8.51. The minimum Gasteiger partial charge on any atom is -0.465 e. The van der Waals surface area contributed by atoms with Crippen LogP contribution >= 0.6 is 0 Å². The first-order valence-electron chi connectivity index (χ1n) is 10.9. The Morgan fingerprint density at radius 3 is 2.45 bits per heavy atom. The van der Waals surface area contributed by atoms with Gasteiger partial charge in [0.2, 0.25) is 11.8 Å². The number of ether oxygens (including phenoxy) is 1. The molecular formula is C25H25FN2O5. The maximum absolute atomic E-state index is 14.8. The molecule has 7 nitrogen and oxygen atoms in total.